The van der Waals surface area contributed by atoms with E-state index < -0.39 is 0 Å². The van der Waals surface area contributed by atoms with Crippen molar-refractivity contribution in [2.75, 3.05) is 0 Å². The maximum absolute atomic E-state index is 12.8. The molecule has 0 radical (unpaired) electrons. The lowest BCUT2D eigenvalue weighted by Gasteiger charge is -2.44. The molecule has 2 unspecified atom stereocenters. The first-order valence-corrected chi connectivity index (χ1v) is 10.6. The second-order valence-electron chi connectivity index (χ2n) is 8.19. The van der Waals surface area contributed by atoms with Gasteiger partial charge in [0.1, 0.15) is 12.4 Å². The molecule has 4 rings (SSSR count). The van der Waals surface area contributed by atoms with Gasteiger partial charge in [-0.2, -0.15) is 0 Å². The number of carbonyl (C=O) groups is 1. The van der Waals surface area contributed by atoms with Crippen LogP contribution in [0.5, 0.6) is 5.75 Å². The van der Waals surface area contributed by atoms with E-state index in [-0.39, 0.29) is 24.3 Å². The van der Waals surface area contributed by atoms with Crippen LogP contribution in [0, 0.1) is 0 Å². The Morgan fingerprint density at radius 3 is 2.52 bits per heavy atom. The predicted octanol–water partition coefficient (Wildman–Crippen LogP) is 5.82. The molecular weight excluding hydrogens is 362 g/mol. The number of carbonyl (C=O) groups excluding carboxylic acids is 1. The molecule has 1 saturated heterocycles. The van der Waals surface area contributed by atoms with Crippen molar-refractivity contribution in [2.45, 2.75) is 64.3 Å². The molecule has 152 valence electrons. The first-order valence-electron chi connectivity index (χ1n) is 10.6. The zero-order valence-electron chi connectivity index (χ0n) is 17.2. The minimum Gasteiger partial charge on any atom is -0.491 e. The van der Waals surface area contributed by atoms with Gasteiger partial charge in [-0.05, 0) is 68.4 Å². The summed E-state index contributed by atoms with van der Waals surface area (Å²) >= 11 is 0. The molecule has 0 spiro atoms. The van der Waals surface area contributed by atoms with E-state index in [0.29, 0.717) is 6.61 Å². The van der Waals surface area contributed by atoms with Gasteiger partial charge in [-0.15, -0.1) is 0 Å². The van der Waals surface area contributed by atoms with Crippen LogP contribution in [-0.4, -0.2) is 29.2 Å². The Bertz CT molecular complexity index is 857. The van der Waals surface area contributed by atoms with Crippen molar-refractivity contribution in [1.82, 2.24) is 4.90 Å². The van der Waals surface area contributed by atoms with Crippen molar-refractivity contribution in [3.63, 3.8) is 0 Å². The van der Waals surface area contributed by atoms with Gasteiger partial charge in [0.25, 0.3) is 0 Å². The van der Waals surface area contributed by atoms with Crippen LogP contribution in [0.3, 0.4) is 0 Å². The molecule has 2 atom stereocenters. The van der Waals surface area contributed by atoms with Crippen LogP contribution in [0.25, 0.3) is 5.57 Å². The number of hydrogen-bond donors (Lipinski definition) is 0. The standard InChI is InChI=1S/C25H29NO3/c1-18(2)29-24-13-11-20(12-14-24)21-15-22-9-6-10-23(16-21)26(22)25(27)28-17-19-7-4-3-5-8-19/h3-5,7-8,11-15,18,22-23H,6,9-10,16-17H2,1-2H3. The fourth-order valence-electron chi connectivity index (χ4n) is 4.34. The zero-order valence-corrected chi connectivity index (χ0v) is 17.2. The highest BCUT2D eigenvalue weighted by atomic mass is 16.6. The molecule has 2 heterocycles. The van der Waals surface area contributed by atoms with Crippen LogP contribution in [0.4, 0.5) is 4.79 Å². The molecule has 2 aromatic carbocycles. The molecule has 4 nitrogen and oxygen atoms in total. The van der Waals surface area contributed by atoms with Crippen LogP contribution in [0.15, 0.2) is 60.7 Å². The third-order valence-corrected chi connectivity index (χ3v) is 5.65. The number of ether oxygens (including phenoxy) is 2. The highest BCUT2D eigenvalue weighted by Crippen LogP contribution is 2.38. The summed E-state index contributed by atoms with van der Waals surface area (Å²) in [5, 5.41) is 0. The predicted molar refractivity (Wildman–Crippen MR) is 115 cm³/mol. The molecule has 29 heavy (non-hydrogen) atoms. The van der Waals surface area contributed by atoms with E-state index in [9.17, 15) is 4.79 Å². The molecule has 0 aliphatic carbocycles. The van der Waals surface area contributed by atoms with E-state index >= 15 is 0 Å². The van der Waals surface area contributed by atoms with Gasteiger partial charge < -0.3 is 9.47 Å². The summed E-state index contributed by atoms with van der Waals surface area (Å²) in [7, 11) is 0. The number of piperidine rings is 1. The second-order valence-corrected chi connectivity index (χ2v) is 8.19. The van der Waals surface area contributed by atoms with Gasteiger partial charge in [0.05, 0.1) is 12.1 Å². The summed E-state index contributed by atoms with van der Waals surface area (Å²) in [5.41, 5.74) is 3.56. The minimum absolute atomic E-state index is 0.118. The van der Waals surface area contributed by atoms with Crippen molar-refractivity contribution >= 4 is 11.7 Å². The minimum atomic E-state index is -0.195. The lowest BCUT2D eigenvalue weighted by Crippen LogP contribution is -2.51. The molecule has 2 aromatic rings. The lowest BCUT2D eigenvalue weighted by atomic mass is 9.83. The number of amides is 1. The average molecular weight is 392 g/mol. The topological polar surface area (TPSA) is 38.8 Å². The molecule has 0 N–H and O–H groups in total. The Kier molecular flexibility index (Phi) is 5.89. The average Bonchev–Trinajstić information content (AvgIpc) is 2.72. The van der Waals surface area contributed by atoms with Crippen LogP contribution in [-0.2, 0) is 11.3 Å². The van der Waals surface area contributed by atoms with E-state index in [1.54, 1.807) is 0 Å². The van der Waals surface area contributed by atoms with E-state index in [2.05, 4.69) is 18.2 Å². The quantitative estimate of drug-likeness (QED) is 0.644. The van der Waals surface area contributed by atoms with E-state index in [1.807, 2.05) is 61.2 Å². The summed E-state index contributed by atoms with van der Waals surface area (Å²) in [5.74, 6) is 0.895. The Morgan fingerprint density at radius 2 is 1.83 bits per heavy atom. The van der Waals surface area contributed by atoms with Crippen molar-refractivity contribution in [3.8, 4) is 5.75 Å². The van der Waals surface area contributed by atoms with Gasteiger partial charge in [-0.1, -0.05) is 48.5 Å². The summed E-state index contributed by atoms with van der Waals surface area (Å²) in [6.45, 7) is 4.39. The molecule has 2 aliphatic rings. The van der Waals surface area contributed by atoms with Gasteiger partial charge in [-0.25, -0.2) is 4.79 Å². The van der Waals surface area contributed by atoms with Crippen molar-refractivity contribution < 1.29 is 14.3 Å². The Hall–Kier alpha value is -2.75. The van der Waals surface area contributed by atoms with Crippen molar-refractivity contribution in [1.29, 1.82) is 0 Å². The first kappa shape index (κ1) is 19.6. The van der Waals surface area contributed by atoms with Gasteiger partial charge in [0.2, 0.25) is 0 Å². The van der Waals surface area contributed by atoms with Gasteiger partial charge in [-0.3, -0.25) is 4.90 Å². The lowest BCUT2D eigenvalue weighted by molar-refractivity contribution is 0.0510. The van der Waals surface area contributed by atoms with Crippen molar-refractivity contribution in [2.24, 2.45) is 0 Å². The Morgan fingerprint density at radius 1 is 1.07 bits per heavy atom. The molecule has 1 fully saturated rings. The van der Waals surface area contributed by atoms with E-state index in [4.69, 9.17) is 9.47 Å². The van der Waals surface area contributed by atoms with Crippen LogP contribution >= 0.6 is 0 Å². The Labute approximate surface area is 173 Å². The largest absolute Gasteiger partial charge is 0.491 e. The SMILES string of the molecule is CC(C)Oc1ccc(C2=CC3CCCC(C2)N3C(=O)OCc2ccccc2)cc1. The monoisotopic (exact) mass is 391 g/mol. The maximum atomic E-state index is 12.8. The van der Waals surface area contributed by atoms with E-state index in [0.717, 1.165) is 37.0 Å². The number of nitrogens with zero attached hydrogens (tertiary/aromatic N) is 1. The molecule has 1 amide bonds. The Balaban J connectivity index is 1.46. The van der Waals surface area contributed by atoms with E-state index in [1.165, 1.54) is 11.1 Å². The fourth-order valence-corrected chi connectivity index (χ4v) is 4.34. The summed E-state index contributed by atoms with van der Waals surface area (Å²) < 4.78 is 11.4. The normalized spacial score (nSPS) is 20.9. The number of fused-ring (bicyclic) bond motifs is 2. The smallest absolute Gasteiger partial charge is 0.410 e. The van der Waals surface area contributed by atoms with Crippen molar-refractivity contribution in [3.05, 3.63) is 71.8 Å². The molecule has 2 bridgehead atoms. The molecule has 4 heteroatoms. The van der Waals surface area contributed by atoms with Gasteiger partial charge >= 0.3 is 6.09 Å². The summed E-state index contributed by atoms with van der Waals surface area (Å²) in [6, 6.07) is 18.5. The highest BCUT2D eigenvalue weighted by Gasteiger charge is 2.38. The molecule has 2 aliphatic heterocycles. The molecule has 0 aromatic heterocycles. The second kappa shape index (κ2) is 8.73. The highest BCUT2D eigenvalue weighted by molar-refractivity contribution is 5.74. The fraction of sp³-hybridized carbons (Fsp3) is 0.400. The molecular formula is C25H29NO3. The number of rotatable bonds is 5. The van der Waals surface area contributed by atoms with Gasteiger partial charge in [0, 0.05) is 6.04 Å². The van der Waals surface area contributed by atoms with Crippen LogP contribution in [0.2, 0.25) is 0 Å². The molecule has 0 saturated carbocycles. The first-order chi connectivity index (χ1) is 14.1. The van der Waals surface area contributed by atoms with Crippen LogP contribution < -0.4 is 4.74 Å². The van der Waals surface area contributed by atoms with Crippen LogP contribution in [0.1, 0.15) is 50.7 Å². The third kappa shape index (κ3) is 4.64. The van der Waals surface area contributed by atoms with Gasteiger partial charge in [0.15, 0.2) is 0 Å². The summed E-state index contributed by atoms with van der Waals surface area (Å²) in [6.07, 6.45) is 6.30. The third-order valence-electron chi connectivity index (χ3n) is 5.65. The number of benzene rings is 2. The summed E-state index contributed by atoms with van der Waals surface area (Å²) in [4.78, 5) is 14.8. The number of hydrogen-bond acceptors (Lipinski definition) is 3. The maximum Gasteiger partial charge on any atom is 0.410 e. The zero-order chi connectivity index (χ0) is 20.2.